The number of aliphatic hydroxyl groups is 1. The second-order valence-electron chi connectivity index (χ2n) is 5.05. The first-order valence-corrected chi connectivity index (χ1v) is 7.70. The fourth-order valence-electron chi connectivity index (χ4n) is 2.28. The number of aryl methyl sites for hydroxylation is 1. The predicted octanol–water partition coefficient (Wildman–Crippen LogP) is 4.35. The van der Waals surface area contributed by atoms with Gasteiger partial charge >= 0.3 is 0 Å². The lowest BCUT2D eigenvalue weighted by Gasteiger charge is -2.10. The van der Waals surface area contributed by atoms with Crippen molar-refractivity contribution in [3.8, 4) is 5.75 Å². The average Bonchev–Trinajstić information content (AvgIpc) is 2.45. The van der Waals surface area contributed by atoms with Crippen molar-refractivity contribution in [1.82, 2.24) is 0 Å². The number of ether oxygens (including phenoxy) is 1. The molecular formula is C17H28O2. The Morgan fingerprint density at radius 1 is 0.947 bits per heavy atom. The smallest absolute Gasteiger partial charge is 0.122 e. The van der Waals surface area contributed by atoms with E-state index < -0.39 is 0 Å². The van der Waals surface area contributed by atoms with Gasteiger partial charge in [-0.25, -0.2) is 0 Å². The molecule has 108 valence electrons. The molecule has 0 fully saturated rings. The summed E-state index contributed by atoms with van der Waals surface area (Å²) in [6, 6.07) is 8.17. The quantitative estimate of drug-likeness (QED) is 0.602. The van der Waals surface area contributed by atoms with Crippen molar-refractivity contribution < 1.29 is 9.84 Å². The van der Waals surface area contributed by atoms with Gasteiger partial charge in [0, 0.05) is 0 Å². The monoisotopic (exact) mass is 264 g/mol. The summed E-state index contributed by atoms with van der Waals surface area (Å²) in [4.78, 5) is 0. The molecule has 0 bridgehead atoms. The lowest BCUT2D eigenvalue weighted by Crippen LogP contribution is -2.03. The third-order valence-corrected chi connectivity index (χ3v) is 3.37. The highest BCUT2D eigenvalue weighted by Gasteiger charge is 2.02. The molecule has 0 atom stereocenters. The molecule has 0 radical (unpaired) electrons. The third kappa shape index (κ3) is 7.22. The van der Waals surface area contributed by atoms with E-state index in [1.807, 2.05) is 12.1 Å². The van der Waals surface area contributed by atoms with Crippen molar-refractivity contribution in [2.75, 3.05) is 13.2 Å². The summed E-state index contributed by atoms with van der Waals surface area (Å²) in [6.07, 6.45) is 10.4. The van der Waals surface area contributed by atoms with E-state index in [4.69, 9.17) is 9.84 Å². The molecule has 1 rings (SSSR count). The molecule has 1 aromatic rings. The van der Waals surface area contributed by atoms with Crippen LogP contribution < -0.4 is 4.74 Å². The van der Waals surface area contributed by atoms with Gasteiger partial charge in [0.2, 0.25) is 0 Å². The van der Waals surface area contributed by atoms with Crippen LogP contribution in [0.1, 0.15) is 57.4 Å². The minimum absolute atomic E-state index is 0.0752. The molecule has 0 spiro atoms. The van der Waals surface area contributed by atoms with Gasteiger partial charge in [0.15, 0.2) is 0 Å². The molecule has 0 saturated carbocycles. The summed E-state index contributed by atoms with van der Waals surface area (Å²) in [5, 5.41) is 8.81. The van der Waals surface area contributed by atoms with Crippen LogP contribution in [-0.2, 0) is 6.42 Å². The maximum atomic E-state index is 8.81. The molecule has 0 unspecified atom stereocenters. The van der Waals surface area contributed by atoms with E-state index >= 15 is 0 Å². The van der Waals surface area contributed by atoms with Gasteiger partial charge in [-0.1, -0.05) is 63.6 Å². The maximum absolute atomic E-state index is 8.81. The Hall–Kier alpha value is -1.02. The Kier molecular flexibility index (Phi) is 9.17. The molecule has 0 aromatic heterocycles. The Morgan fingerprint density at radius 3 is 2.37 bits per heavy atom. The third-order valence-electron chi connectivity index (χ3n) is 3.37. The highest BCUT2D eigenvalue weighted by atomic mass is 16.5. The zero-order chi connectivity index (χ0) is 13.8. The van der Waals surface area contributed by atoms with E-state index in [-0.39, 0.29) is 6.61 Å². The van der Waals surface area contributed by atoms with Crippen LogP contribution in [-0.4, -0.2) is 18.3 Å². The summed E-state index contributed by atoms with van der Waals surface area (Å²) >= 11 is 0. The van der Waals surface area contributed by atoms with Crippen LogP contribution in [0.2, 0.25) is 0 Å². The minimum Gasteiger partial charge on any atom is -0.491 e. The summed E-state index contributed by atoms with van der Waals surface area (Å²) in [7, 11) is 0. The number of para-hydroxylation sites is 1. The van der Waals surface area contributed by atoms with Crippen molar-refractivity contribution in [3.63, 3.8) is 0 Å². The maximum Gasteiger partial charge on any atom is 0.122 e. The molecule has 19 heavy (non-hydrogen) atoms. The number of hydrogen-bond donors (Lipinski definition) is 1. The molecule has 0 aliphatic carbocycles. The van der Waals surface area contributed by atoms with Crippen molar-refractivity contribution in [3.05, 3.63) is 29.8 Å². The van der Waals surface area contributed by atoms with Gasteiger partial charge in [-0.15, -0.1) is 0 Å². The largest absolute Gasteiger partial charge is 0.491 e. The topological polar surface area (TPSA) is 29.5 Å². The molecule has 1 aromatic carbocycles. The van der Waals surface area contributed by atoms with Gasteiger partial charge < -0.3 is 9.84 Å². The molecule has 2 heteroatoms. The Morgan fingerprint density at radius 2 is 1.63 bits per heavy atom. The van der Waals surface area contributed by atoms with Crippen LogP contribution in [0.3, 0.4) is 0 Å². The second-order valence-corrected chi connectivity index (χ2v) is 5.05. The minimum atomic E-state index is 0.0752. The molecule has 0 saturated heterocycles. The van der Waals surface area contributed by atoms with E-state index in [1.54, 1.807) is 0 Å². The molecular weight excluding hydrogens is 236 g/mol. The zero-order valence-electron chi connectivity index (χ0n) is 12.2. The molecule has 0 amide bonds. The fourth-order valence-corrected chi connectivity index (χ4v) is 2.28. The fraction of sp³-hybridized carbons (Fsp3) is 0.647. The van der Waals surface area contributed by atoms with Gasteiger partial charge in [0.1, 0.15) is 12.4 Å². The van der Waals surface area contributed by atoms with Crippen LogP contribution in [0, 0.1) is 0 Å². The number of rotatable bonds is 11. The molecule has 1 N–H and O–H groups in total. The highest BCUT2D eigenvalue weighted by Crippen LogP contribution is 2.20. The van der Waals surface area contributed by atoms with Crippen molar-refractivity contribution in [2.24, 2.45) is 0 Å². The van der Waals surface area contributed by atoms with Crippen molar-refractivity contribution in [1.29, 1.82) is 0 Å². The van der Waals surface area contributed by atoms with E-state index in [1.165, 1.54) is 50.5 Å². The second kappa shape index (κ2) is 10.9. The van der Waals surface area contributed by atoms with Crippen molar-refractivity contribution >= 4 is 0 Å². The summed E-state index contributed by atoms with van der Waals surface area (Å²) < 4.78 is 5.55. The lowest BCUT2D eigenvalue weighted by atomic mass is 10.0. The Bertz CT molecular complexity index is 323. The van der Waals surface area contributed by atoms with Crippen LogP contribution in [0.5, 0.6) is 5.75 Å². The van der Waals surface area contributed by atoms with Gasteiger partial charge in [0.25, 0.3) is 0 Å². The van der Waals surface area contributed by atoms with Crippen LogP contribution >= 0.6 is 0 Å². The summed E-state index contributed by atoms with van der Waals surface area (Å²) in [5.41, 5.74) is 1.27. The van der Waals surface area contributed by atoms with E-state index in [0.29, 0.717) is 6.61 Å². The van der Waals surface area contributed by atoms with Gasteiger partial charge in [0.05, 0.1) is 6.61 Å². The average molecular weight is 264 g/mol. The number of benzene rings is 1. The van der Waals surface area contributed by atoms with Gasteiger partial charge in [-0.05, 0) is 24.5 Å². The predicted molar refractivity (Wildman–Crippen MR) is 80.7 cm³/mol. The Balaban J connectivity index is 2.21. The first kappa shape index (κ1) is 16.0. The summed E-state index contributed by atoms with van der Waals surface area (Å²) in [5.74, 6) is 0.933. The van der Waals surface area contributed by atoms with E-state index in [2.05, 4.69) is 19.1 Å². The van der Waals surface area contributed by atoms with Crippen LogP contribution in [0.4, 0.5) is 0 Å². The number of aliphatic hydroxyl groups excluding tert-OH is 1. The van der Waals surface area contributed by atoms with E-state index in [0.717, 1.165) is 12.2 Å². The lowest BCUT2D eigenvalue weighted by molar-refractivity contribution is 0.200. The normalized spacial score (nSPS) is 10.6. The first-order chi connectivity index (χ1) is 9.38. The Labute approximate surface area is 117 Å². The number of hydrogen-bond acceptors (Lipinski definition) is 2. The molecule has 0 heterocycles. The SMILES string of the molecule is CCCCCCCCCc1ccccc1OCCO. The highest BCUT2D eigenvalue weighted by molar-refractivity contribution is 5.33. The molecule has 0 aliphatic heterocycles. The van der Waals surface area contributed by atoms with Crippen molar-refractivity contribution in [2.45, 2.75) is 58.3 Å². The summed E-state index contributed by atoms with van der Waals surface area (Å²) in [6.45, 7) is 2.71. The van der Waals surface area contributed by atoms with E-state index in [9.17, 15) is 0 Å². The number of unbranched alkanes of at least 4 members (excludes halogenated alkanes) is 6. The van der Waals surface area contributed by atoms with Crippen LogP contribution in [0.15, 0.2) is 24.3 Å². The van der Waals surface area contributed by atoms with Gasteiger partial charge in [-0.2, -0.15) is 0 Å². The molecule has 2 nitrogen and oxygen atoms in total. The van der Waals surface area contributed by atoms with Gasteiger partial charge in [-0.3, -0.25) is 0 Å². The van der Waals surface area contributed by atoms with Crippen LogP contribution in [0.25, 0.3) is 0 Å². The molecule has 0 aliphatic rings. The zero-order valence-corrected chi connectivity index (χ0v) is 12.2. The first-order valence-electron chi connectivity index (χ1n) is 7.70. The standard InChI is InChI=1S/C17H28O2/c1-2-3-4-5-6-7-8-11-16-12-9-10-13-17(16)19-15-14-18/h9-10,12-13,18H,2-8,11,14-15H2,1H3.